The van der Waals surface area contributed by atoms with Crippen LogP contribution >= 0.6 is 11.3 Å². The highest BCUT2D eigenvalue weighted by molar-refractivity contribution is 7.18. The van der Waals surface area contributed by atoms with Crippen molar-refractivity contribution in [1.82, 2.24) is 9.88 Å². The third-order valence-corrected chi connectivity index (χ3v) is 4.95. The van der Waals surface area contributed by atoms with Gasteiger partial charge in [0.05, 0.1) is 6.10 Å². The van der Waals surface area contributed by atoms with Crippen LogP contribution in [-0.2, 0) is 0 Å². The van der Waals surface area contributed by atoms with E-state index in [4.69, 9.17) is 5.73 Å². The number of piperidine rings is 1. The summed E-state index contributed by atoms with van der Waals surface area (Å²) in [5.41, 5.74) is 5.86. The van der Waals surface area contributed by atoms with Gasteiger partial charge < -0.3 is 21.1 Å². The van der Waals surface area contributed by atoms with Gasteiger partial charge >= 0.3 is 0 Å². The number of nitrogens with one attached hydrogen (secondary N) is 1. The summed E-state index contributed by atoms with van der Waals surface area (Å²) >= 11 is 1.31. The van der Waals surface area contributed by atoms with Crippen LogP contribution in [0.4, 0.5) is 10.9 Å². The zero-order valence-electron chi connectivity index (χ0n) is 11.5. The second kappa shape index (κ2) is 5.21. The molecular formula is C13H20N4O2S. The van der Waals surface area contributed by atoms with Crippen LogP contribution in [0.3, 0.4) is 0 Å². The van der Waals surface area contributed by atoms with Crippen molar-refractivity contribution in [3.8, 4) is 0 Å². The Bertz CT molecular complexity index is 514. The fourth-order valence-electron chi connectivity index (χ4n) is 2.33. The Morgan fingerprint density at radius 2 is 2.25 bits per heavy atom. The van der Waals surface area contributed by atoms with E-state index in [9.17, 15) is 9.90 Å². The minimum absolute atomic E-state index is 0.116. The van der Waals surface area contributed by atoms with Gasteiger partial charge in [0.15, 0.2) is 5.13 Å². The molecule has 20 heavy (non-hydrogen) atoms. The van der Waals surface area contributed by atoms with Crippen molar-refractivity contribution >= 4 is 28.2 Å². The molecule has 3 rings (SSSR count). The number of carbonyl (C=O) groups excluding carboxylic acids is 1. The fourth-order valence-corrected chi connectivity index (χ4v) is 3.26. The van der Waals surface area contributed by atoms with Crippen molar-refractivity contribution in [1.29, 1.82) is 0 Å². The lowest BCUT2D eigenvalue weighted by Gasteiger charge is -2.34. The van der Waals surface area contributed by atoms with Crippen molar-refractivity contribution in [2.75, 3.05) is 24.1 Å². The average Bonchev–Trinajstić information content (AvgIpc) is 3.14. The average molecular weight is 296 g/mol. The Hall–Kier alpha value is -1.34. The molecule has 1 saturated heterocycles. The molecule has 1 aliphatic heterocycles. The maximum absolute atomic E-state index is 12.5. The molecule has 1 amide bonds. The first-order chi connectivity index (χ1) is 9.54. The normalized spacial score (nSPS) is 26.6. The lowest BCUT2D eigenvalue weighted by atomic mass is 9.96. The highest BCUT2D eigenvalue weighted by Gasteiger charge is 2.30. The van der Waals surface area contributed by atoms with Crippen LogP contribution in [0.25, 0.3) is 0 Å². The van der Waals surface area contributed by atoms with E-state index in [1.54, 1.807) is 4.90 Å². The number of β-amino-alcohol motifs (C(OH)–C–C–N with tert-alkyl or cyclic N) is 1. The van der Waals surface area contributed by atoms with Gasteiger partial charge in [-0.2, -0.15) is 0 Å². The van der Waals surface area contributed by atoms with E-state index in [2.05, 4.69) is 10.3 Å². The monoisotopic (exact) mass is 296 g/mol. The van der Waals surface area contributed by atoms with Crippen LogP contribution in [-0.4, -0.2) is 46.1 Å². The molecule has 0 radical (unpaired) electrons. The molecular weight excluding hydrogens is 276 g/mol. The van der Waals surface area contributed by atoms with E-state index in [1.165, 1.54) is 11.3 Å². The molecule has 4 N–H and O–H groups in total. The smallest absolute Gasteiger partial charge is 0.267 e. The maximum Gasteiger partial charge on any atom is 0.267 e. The molecule has 1 aromatic heterocycles. The quantitative estimate of drug-likeness (QED) is 0.778. The predicted molar refractivity (Wildman–Crippen MR) is 78.9 cm³/mol. The van der Waals surface area contributed by atoms with Crippen molar-refractivity contribution in [3.63, 3.8) is 0 Å². The number of nitrogens with zero attached hydrogens (tertiary/aromatic N) is 2. The highest BCUT2D eigenvalue weighted by atomic mass is 32.1. The van der Waals surface area contributed by atoms with Crippen LogP contribution in [0.5, 0.6) is 0 Å². The molecule has 2 aliphatic rings. The summed E-state index contributed by atoms with van der Waals surface area (Å²) in [5, 5.41) is 13.9. The van der Waals surface area contributed by atoms with Gasteiger partial charge in [0.1, 0.15) is 10.7 Å². The number of likely N-dealkylation sites (tertiary alicyclic amines) is 1. The van der Waals surface area contributed by atoms with Crippen molar-refractivity contribution in [2.45, 2.75) is 38.3 Å². The number of hydrogen-bond acceptors (Lipinski definition) is 6. The van der Waals surface area contributed by atoms with Gasteiger partial charge in [-0.15, -0.1) is 0 Å². The van der Waals surface area contributed by atoms with Crippen LogP contribution in [0.1, 0.15) is 35.9 Å². The largest absolute Gasteiger partial charge is 0.391 e. The van der Waals surface area contributed by atoms with E-state index in [0.29, 0.717) is 24.0 Å². The zero-order chi connectivity index (χ0) is 14.3. The number of carbonyl (C=O) groups is 1. The van der Waals surface area contributed by atoms with E-state index in [-0.39, 0.29) is 17.6 Å². The number of nitrogens with two attached hydrogens (primary N) is 1. The molecule has 0 spiro atoms. The summed E-state index contributed by atoms with van der Waals surface area (Å²) in [7, 11) is 0. The highest BCUT2D eigenvalue weighted by Crippen LogP contribution is 2.32. The molecule has 1 aromatic rings. The fraction of sp³-hybridized carbons (Fsp3) is 0.692. The first-order valence-corrected chi connectivity index (χ1v) is 7.86. The van der Waals surface area contributed by atoms with Gasteiger partial charge in [0.25, 0.3) is 5.91 Å². The van der Waals surface area contributed by atoms with Gasteiger partial charge in [-0.1, -0.05) is 18.3 Å². The summed E-state index contributed by atoms with van der Waals surface area (Å²) in [4.78, 5) is 18.8. The number of aliphatic hydroxyl groups is 1. The number of hydrogen-bond donors (Lipinski definition) is 3. The van der Waals surface area contributed by atoms with E-state index < -0.39 is 6.10 Å². The summed E-state index contributed by atoms with van der Waals surface area (Å²) < 4.78 is 0. The van der Waals surface area contributed by atoms with Gasteiger partial charge in [0, 0.05) is 19.1 Å². The molecule has 2 fully saturated rings. The second-order valence-corrected chi connectivity index (χ2v) is 6.74. The summed E-state index contributed by atoms with van der Waals surface area (Å²) in [5.74, 6) is 0.413. The summed E-state index contributed by atoms with van der Waals surface area (Å²) in [6, 6.07) is 0.487. The first-order valence-electron chi connectivity index (χ1n) is 7.04. The minimum atomic E-state index is -0.453. The number of aliphatic hydroxyl groups excluding tert-OH is 1. The van der Waals surface area contributed by atoms with Crippen LogP contribution in [0.15, 0.2) is 0 Å². The molecule has 7 heteroatoms. The van der Waals surface area contributed by atoms with Crippen molar-refractivity contribution in [3.05, 3.63) is 4.88 Å². The van der Waals surface area contributed by atoms with E-state index in [0.717, 1.165) is 24.4 Å². The lowest BCUT2D eigenvalue weighted by molar-refractivity contribution is 0.0252. The number of nitrogen functional groups attached to an aromatic ring is 1. The summed E-state index contributed by atoms with van der Waals surface area (Å²) in [6.45, 7) is 3.05. The van der Waals surface area contributed by atoms with Crippen LogP contribution < -0.4 is 11.1 Å². The third kappa shape index (κ3) is 2.73. The molecule has 2 heterocycles. The first kappa shape index (κ1) is 13.6. The lowest BCUT2D eigenvalue weighted by Crippen LogP contribution is -2.45. The molecule has 2 unspecified atom stereocenters. The number of thiazole rings is 1. The number of anilines is 2. The molecule has 1 aliphatic carbocycles. The summed E-state index contributed by atoms with van der Waals surface area (Å²) in [6.07, 6.45) is 2.67. The molecule has 0 aromatic carbocycles. The molecule has 0 bridgehead atoms. The molecule has 6 nitrogen and oxygen atoms in total. The second-order valence-electron chi connectivity index (χ2n) is 5.74. The molecule has 110 valence electrons. The topological polar surface area (TPSA) is 91.5 Å². The SMILES string of the molecule is CC1CCN(C(=O)c2sc(NC3CC3)nc2N)CC1O. The Morgan fingerprint density at radius 3 is 2.90 bits per heavy atom. The number of rotatable bonds is 3. The van der Waals surface area contributed by atoms with Crippen LogP contribution in [0.2, 0.25) is 0 Å². The number of aromatic nitrogens is 1. The third-order valence-electron chi connectivity index (χ3n) is 3.96. The molecule has 2 atom stereocenters. The Kier molecular flexibility index (Phi) is 3.55. The Balaban J connectivity index is 1.71. The van der Waals surface area contributed by atoms with Gasteiger partial charge in [-0.3, -0.25) is 4.79 Å². The molecule has 1 saturated carbocycles. The predicted octanol–water partition coefficient (Wildman–Crippen LogP) is 1.14. The maximum atomic E-state index is 12.5. The van der Waals surface area contributed by atoms with Gasteiger partial charge in [-0.05, 0) is 25.2 Å². The van der Waals surface area contributed by atoms with Gasteiger partial charge in [-0.25, -0.2) is 4.98 Å². The Morgan fingerprint density at radius 1 is 1.50 bits per heavy atom. The standard InChI is InChI=1S/C13H20N4O2S/c1-7-4-5-17(6-9(7)18)12(19)10-11(14)16-13(20-10)15-8-2-3-8/h7-9,18H,2-6,14H2,1H3,(H,15,16). The van der Waals surface area contributed by atoms with Crippen molar-refractivity contribution < 1.29 is 9.90 Å². The Labute approximate surface area is 122 Å². The van der Waals surface area contributed by atoms with Crippen LogP contribution in [0, 0.1) is 5.92 Å². The van der Waals surface area contributed by atoms with Gasteiger partial charge in [0.2, 0.25) is 0 Å². The minimum Gasteiger partial charge on any atom is -0.391 e. The van der Waals surface area contributed by atoms with E-state index >= 15 is 0 Å². The van der Waals surface area contributed by atoms with E-state index in [1.807, 2.05) is 6.92 Å². The zero-order valence-corrected chi connectivity index (χ0v) is 12.3. The van der Waals surface area contributed by atoms with Crippen molar-refractivity contribution in [2.24, 2.45) is 5.92 Å². The number of amides is 1.